The van der Waals surface area contributed by atoms with Crippen LogP contribution in [0.5, 0.6) is 5.75 Å². The zero-order valence-corrected chi connectivity index (χ0v) is 29.7. The second-order valence-electron chi connectivity index (χ2n) is 11.6. The summed E-state index contributed by atoms with van der Waals surface area (Å²) in [5.41, 5.74) is 4.57. The highest BCUT2D eigenvalue weighted by Gasteiger charge is 2.34. The van der Waals surface area contributed by atoms with Crippen LogP contribution in [0.15, 0.2) is 71.5 Å². The van der Waals surface area contributed by atoms with Crippen LogP contribution in [0, 0.1) is 11.6 Å². The minimum absolute atomic E-state index is 0. The van der Waals surface area contributed by atoms with Gasteiger partial charge in [-0.05, 0) is 66.1 Å². The number of benzene rings is 3. The van der Waals surface area contributed by atoms with Gasteiger partial charge < -0.3 is 10.5 Å². The molecule has 0 saturated carbocycles. The van der Waals surface area contributed by atoms with E-state index in [1.54, 1.807) is 24.3 Å². The highest BCUT2D eigenvalue weighted by molar-refractivity contribution is 7.92. The van der Waals surface area contributed by atoms with Crippen molar-refractivity contribution in [2.24, 2.45) is 12.8 Å². The number of aromatic nitrogens is 5. The largest absolute Gasteiger partial charge is 0.497 e. The predicted octanol–water partition coefficient (Wildman–Crippen LogP) is 6.26. The Morgan fingerprint density at radius 3 is 2.23 bits per heavy atom. The van der Waals surface area contributed by atoms with Gasteiger partial charge in [-0.1, -0.05) is 23.7 Å². The maximum atomic E-state index is 14.3. The molecule has 0 aliphatic rings. The van der Waals surface area contributed by atoms with Crippen LogP contribution >= 0.6 is 24.0 Å². The molecule has 0 spiro atoms. The van der Waals surface area contributed by atoms with Crippen LogP contribution in [-0.2, 0) is 36.2 Å². The van der Waals surface area contributed by atoms with Gasteiger partial charge in [0.05, 0.1) is 53.0 Å². The van der Waals surface area contributed by atoms with Crippen molar-refractivity contribution in [2.75, 3.05) is 17.7 Å². The van der Waals surface area contributed by atoms with E-state index >= 15 is 0 Å². The Kier molecular flexibility index (Phi) is 10.6. The molecule has 0 saturated heterocycles. The summed E-state index contributed by atoms with van der Waals surface area (Å²) in [6, 6.07) is 12.4. The van der Waals surface area contributed by atoms with Gasteiger partial charge >= 0.3 is 6.18 Å². The first-order chi connectivity index (χ1) is 24.0. The average Bonchev–Trinajstić information content (AvgIpc) is 3.40. The van der Waals surface area contributed by atoms with Crippen molar-refractivity contribution in [1.82, 2.24) is 24.3 Å². The molecule has 0 fully saturated rings. The Labute approximate surface area is 303 Å². The number of hydrogen-bond acceptors (Lipinski definition) is 8. The molecule has 0 radical (unpaired) electrons. The number of anilines is 1. The molecule has 274 valence electrons. The predicted molar refractivity (Wildman–Crippen MR) is 188 cm³/mol. The van der Waals surface area contributed by atoms with E-state index in [0.717, 1.165) is 33.3 Å². The molecule has 0 bridgehead atoms. The van der Waals surface area contributed by atoms with E-state index in [4.69, 9.17) is 22.1 Å². The van der Waals surface area contributed by atoms with Gasteiger partial charge in [0, 0.05) is 13.1 Å². The van der Waals surface area contributed by atoms with Crippen LogP contribution in [0.25, 0.3) is 27.6 Å². The van der Waals surface area contributed by atoms with Crippen LogP contribution in [0.1, 0.15) is 28.7 Å². The van der Waals surface area contributed by atoms with E-state index in [1.165, 1.54) is 31.0 Å². The molecular weight excluding hydrogens is 756 g/mol. The molecule has 0 aliphatic carbocycles. The molecule has 2 N–H and O–H groups in total. The SMILES string of the molecule is COc1ccc(CN(c2nn(C)c3c(-n4c([C@@H](N)Cc5cc(F)cc(F)c5)nc5nc(C(F)(F)F)ccc5c4=O)ccc(Cl)c23)S(C)(=O)=O)cc1.Cl. The lowest BCUT2D eigenvalue weighted by Gasteiger charge is -2.21. The zero-order valence-electron chi connectivity index (χ0n) is 27.3. The van der Waals surface area contributed by atoms with Crippen LogP contribution in [-0.4, -0.2) is 46.1 Å². The first kappa shape index (κ1) is 38.4. The standard InChI is InChI=1S/C33H27ClF5N7O4S.ClH/c1-44-28-25(10-9-23(34)27(28)31(43-44)45(51(3,48)49)16-17-4-6-21(50-2)7-5-17)46-30(24(40)14-18-12-19(35)15-20(36)13-18)42-29-22(32(46)47)8-11-26(41-29)33(37,38)39;/h4-13,15,24H,14,16,40H2,1-3H3;1H/t24-;/m0./s1. The third-order valence-corrected chi connectivity index (χ3v) is 9.44. The number of halogens is 7. The molecule has 6 aromatic rings. The smallest absolute Gasteiger partial charge is 0.433 e. The van der Waals surface area contributed by atoms with Crippen LogP contribution < -0.4 is 20.3 Å². The number of aryl methyl sites for hydroxylation is 1. The summed E-state index contributed by atoms with van der Waals surface area (Å²) in [5.74, 6) is -1.64. The van der Waals surface area contributed by atoms with E-state index < -0.39 is 50.8 Å². The lowest BCUT2D eigenvalue weighted by Crippen LogP contribution is -2.30. The molecule has 6 rings (SSSR count). The Balaban J connectivity index is 0.00000523. The van der Waals surface area contributed by atoms with Gasteiger partial charge in [-0.3, -0.25) is 14.0 Å². The quantitative estimate of drug-likeness (QED) is 0.170. The minimum Gasteiger partial charge on any atom is -0.497 e. The molecular formula is C33H28Cl2F5N7O4S. The van der Waals surface area contributed by atoms with E-state index in [1.807, 2.05) is 0 Å². The molecule has 11 nitrogen and oxygen atoms in total. The number of ether oxygens (including phenoxy) is 1. The molecule has 3 aromatic carbocycles. The lowest BCUT2D eigenvalue weighted by molar-refractivity contribution is -0.141. The molecule has 19 heteroatoms. The third kappa shape index (κ3) is 7.39. The molecule has 1 atom stereocenters. The van der Waals surface area contributed by atoms with Crippen molar-refractivity contribution in [3.05, 3.63) is 116 Å². The highest BCUT2D eigenvalue weighted by Crippen LogP contribution is 2.38. The van der Waals surface area contributed by atoms with E-state index in [9.17, 15) is 35.2 Å². The van der Waals surface area contributed by atoms with Gasteiger partial charge in [0.15, 0.2) is 11.5 Å². The second kappa shape index (κ2) is 14.3. The number of fused-ring (bicyclic) bond motifs is 2. The molecule has 52 heavy (non-hydrogen) atoms. The minimum atomic E-state index is -4.86. The Bertz CT molecular complexity index is 2470. The maximum Gasteiger partial charge on any atom is 0.433 e. The van der Waals surface area contributed by atoms with Crippen molar-refractivity contribution < 1.29 is 35.1 Å². The van der Waals surface area contributed by atoms with Gasteiger partial charge in [0.1, 0.15) is 28.9 Å². The Morgan fingerprint density at radius 1 is 0.981 bits per heavy atom. The van der Waals surface area contributed by atoms with E-state index in [2.05, 4.69) is 15.1 Å². The van der Waals surface area contributed by atoms with Gasteiger partial charge in [0.2, 0.25) is 10.0 Å². The number of sulfonamides is 1. The Morgan fingerprint density at radius 2 is 1.63 bits per heavy atom. The van der Waals surface area contributed by atoms with Crippen molar-refractivity contribution in [1.29, 1.82) is 0 Å². The van der Waals surface area contributed by atoms with Crippen LogP contribution in [0.4, 0.5) is 27.8 Å². The van der Waals surface area contributed by atoms with Crippen molar-refractivity contribution >= 4 is 61.8 Å². The summed E-state index contributed by atoms with van der Waals surface area (Å²) in [6.45, 7) is -0.166. The molecule has 0 aliphatic heterocycles. The number of hydrogen-bond donors (Lipinski definition) is 1. The number of methoxy groups -OCH3 is 1. The van der Waals surface area contributed by atoms with Crippen molar-refractivity contribution in [3.8, 4) is 11.4 Å². The van der Waals surface area contributed by atoms with Crippen LogP contribution in [0.3, 0.4) is 0 Å². The van der Waals surface area contributed by atoms with E-state index in [0.29, 0.717) is 23.4 Å². The number of nitrogens with zero attached hydrogens (tertiary/aromatic N) is 6. The average molecular weight is 785 g/mol. The van der Waals surface area contributed by atoms with Crippen LogP contribution in [0.2, 0.25) is 5.02 Å². The second-order valence-corrected chi connectivity index (χ2v) is 13.9. The van der Waals surface area contributed by atoms with Crippen molar-refractivity contribution in [2.45, 2.75) is 25.2 Å². The Hall–Kier alpha value is -4.84. The number of nitrogens with two attached hydrogens (primary N) is 1. The number of rotatable bonds is 9. The lowest BCUT2D eigenvalue weighted by atomic mass is 10.0. The monoisotopic (exact) mass is 783 g/mol. The fraction of sp³-hybridized carbons (Fsp3) is 0.212. The molecule has 3 heterocycles. The third-order valence-electron chi connectivity index (χ3n) is 8.02. The summed E-state index contributed by atoms with van der Waals surface area (Å²) in [6.07, 6.45) is -4.18. The van der Waals surface area contributed by atoms with Gasteiger partial charge in [-0.25, -0.2) is 31.5 Å². The fourth-order valence-corrected chi connectivity index (χ4v) is 6.80. The fourth-order valence-electron chi connectivity index (χ4n) is 5.74. The van der Waals surface area contributed by atoms with Crippen molar-refractivity contribution in [3.63, 3.8) is 0 Å². The maximum absolute atomic E-state index is 14.3. The first-order valence-electron chi connectivity index (χ1n) is 14.9. The summed E-state index contributed by atoms with van der Waals surface area (Å²) in [7, 11) is -1.05. The zero-order chi connectivity index (χ0) is 37.0. The molecule has 0 unspecified atom stereocenters. The summed E-state index contributed by atoms with van der Waals surface area (Å²) in [5, 5.41) is 4.35. The summed E-state index contributed by atoms with van der Waals surface area (Å²) in [4.78, 5) is 22.1. The van der Waals surface area contributed by atoms with E-state index in [-0.39, 0.29) is 69.6 Å². The summed E-state index contributed by atoms with van der Waals surface area (Å²) < 4.78 is 104. The topological polar surface area (TPSA) is 138 Å². The first-order valence-corrected chi connectivity index (χ1v) is 17.2. The highest BCUT2D eigenvalue weighted by atomic mass is 35.5. The molecule has 0 amide bonds. The number of alkyl halides is 3. The van der Waals surface area contributed by atoms with Gasteiger partial charge in [0.25, 0.3) is 5.56 Å². The van der Waals surface area contributed by atoms with Gasteiger partial charge in [-0.2, -0.15) is 18.3 Å². The number of pyridine rings is 1. The normalized spacial score (nSPS) is 12.6. The summed E-state index contributed by atoms with van der Waals surface area (Å²) >= 11 is 6.70. The molecule has 3 aromatic heterocycles. The van der Waals surface area contributed by atoms with Gasteiger partial charge in [-0.15, -0.1) is 12.4 Å².